The highest BCUT2D eigenvalue weighted by Gasteiger charge is 2.39. The minimum absolute atomic E-state index is 0.268. The van der Waals surface area contributed by atoms with Gasteiger partial charge in [-0.25, -0.2) is 0 Å². The molecule has 2 fully saturated rings. The van der Waals surface area contributed by atoms with Gasteiger partial charge in [0.15, 0.2) is 5.79 Å². The molecule has 1 aromatic rings. The van der Waals surface area contributed by atoms with Gasteiger partial charge in [-0.3, -0.25) is 4.90 Å². The Morgan fingerprint density at radius 1 is 1.11 bits per heavy atom. The third-order valence-corrected chi connectivity index (χ3v) is 4.06. The Morgan fingerprint density at radius 3 is 2.47 bits per heavy atom. The average molecular weight is 262 g/mol. The molecule has 2 saturated heterocycles. The highest BCUT2D eigenvalue weighted by Crippen LogP contribution is 2.31. The molecule has 0 atom stereocenters. The maximum atomic E-state index is 5.75. The molecular weight excluding hydrogens is 240 g/mol. The Morgan fingerprint density at radius 2 is 1.79 bits per heavy atom. The summed E-state index contributed by atoms with van der Waals surface area (Å²) < 4.78 is 11.5. The van der Waals surface area contributed by atoms with Crippen LogP contribution in [0.2, 0.25) is 0 Å². The first kappa shape index (κ1) is 13.1. The van der Waals surface area contributed by atoms with E-state index in [9.17, 15) is 0 Å². The van der Waals surface area contributed by atoms with Crippen molar-refractivity contribution in [3.8, 4) is 0 Å². The maximum Gasteiger partial charge on any atom is 0.170 e. The van der Waals surface area contributed by atoms with Gasteiger partial charge < -0.3 is 15.2 Å². The topological polar surface area (TPSA) is 47.7 Å². The van der Waals surface area contributed by atoms with Gasteiger partial charge in [-0.1, -0.05) is 24.3 Å². The van der Waals surface area contributed by atoms with Crippen molar-refractivity contribution < 1.29 is 9.47 Å². The number of benzene rings is 1. The largest absolute Gasteiger partial charge is 0.347 e. The number of hydrogen-bond acceptors (Lipinski definition) is 4. The summed E-state index contributed by atoms with van der Waals surface area (Å²) in [6.07, 6.45) is 1.95. The summed E-state index contributed by atoms with van der Waals surface area (Å²) >= 11 is 0. The Balaban J connectivity index is 1.56. The molecule has 0 radical (unpaired) electrons. The van der Waals surface area contributed by atoms with Crippen LogP contribution in [0.4, 0.5) is 0 Å². The minimum atomic E-state index is -0.268. The summed E-state index contributed by atoms with van der Waals surface area (Å²) in [4.78, 5) is 2.46. The van der Waals surface area contributed by atoms with Gasteiger partial charge in [-0.2, -0.15) is 0 Å². The third-order valence-electron chi connectivity index (χ3n) is 4.06. The van der Waals surface area contributed by atoms with Gasteiger partial charge in [-0.15, -0.1) is 0 Å². The van der Waals surface area contributed by atoms with Crippen LogP contribution in [0.1, 0.15) is 24.0 Å². The molecule has 19 heavy (non-hydrogen) atoms. The van der Waals surface area contributed by atoms with Crippen molar-refractivity contribution in [1.29, 1.82) is 0 Å². The summed E-state index contributed by atoms with van der Waals surface area (Å²) in [7, 11) is 0. The van der Waals surface area contributed by atoms with E-state index in [-0.39, 0.29) is 5.79 Å². The lowest BCUT2D eigenvalue weighted by atomic mass is 10.0. The van der Waals surface area contributed by atoms with Crippen molar-refractivity contribution in [2.24, 2.45) is 5.73 Å². The second kappa shape index (κ2) is 5.59. The van der Waals surface area contributed by atoms with E-state index < -0.39 is 0 Å². The van der Waals surface area contributed by atoms with Crippen LogP contribution in [-0.2, 0) is 22.6 Å². The van der Waals surface area contributed by atoms with Crippen LogP contribution >= 0.6 is 0 Å². The lowest BCUT2D eigenvalue weighted by Gasteiger charge is -2.37. The van der Waals surface area contributed by atoms with E-state index in [0.29, 0.717) is 6.54 Å². The molecule has 2 N–H and O–H groups in total. The van der Waals surface area contributed by atoms with E-state index in [1.165, 1.54) is 11.1 Å². The van der Waals surface area contributed by atoms with Gasteiger partial charge in [0, 0.05) is 39.0 Å². The monoisotopic (exact) mass is 262 g/mol. The SMILES string of the molecule is NCc1cccc(CN2CCC3(CC2)OCCO3)c1. The van der Waals surface area contributed by atoms with Crippen molar-refractivity contribution in [3.63, 3.8) is 0 Å². The fourth-order valence-corrected chi connectivity index (χ4v) is 2.95. The molecule has 2 aliphatic rings. The van der Waals surface area contributed by atoms with Gasteiger partial charge in [0.1, 0.15) is 0 Å². The van der Waals surface area contributed by atoms with Gasteiger partial charge >= 0.3 is 0 Å². The lowest BCUT2D eigenvalue weighted by Crippen LogP contribution is -2.44. The summed E-state index contributed by atoms with van der Waals surface area (Å²) in [5.41, 5.74) is 8.23. The molecule has 0 unspecified atom stereocenters. The molecule has 3 rings (SSSR count). The van der Waals surface area contributed by atoms with E-state index in [0.717, 1.165) is 45.7 Å². The van der Waals surface area contributed by atoms with E-state index in [1.54, 1.807) is 0 Å². The Kier molecular flexibility index (Phi) is 3.84. The van der Waals surface area contributed by atoms with Crippen LogP contribution in [0.3, 0.4) is 0 Å². The smallest absolute Gasteiger partial charge is 0.170 e. The summed E-state index contributed by atoms with van der Waals surface area (Å²) in [5, 5.41) is 0. The zero-order chi connectivity index (χ0) is 13.1. The van der Waals surface area contributed by atoms with E-state index in [1.807, 2.05) is 0 Å². The van der Waals surface area contributed by atoms with E-state index in [4.69, 9.17) is 15.2 Å². The van der Waals surface area contributed by atoms with Crippen molar-refractivity contribution in [2.45, 2.75) is 31.7 Å². The number of likely N-dealkylation sites (tertiary alicyclic amines) is 1. The average Bonchev–Trinajstić information content (AvgIpc) is 2.90. The Hall–Kier alpha value is -0.940. The maximum absolute atomic E-state index is 5.75. The van der Waals surface area contributed by atoms with Crippen molar-refractivity contribution >= 4 is 0 Å². The summed E-state index contributed by atoms with van der Waals surface area (Å²) in [6.45, 7) is 5.17. The summed E-state index contributed by atoms with van der Waals surface area (Å²) in [5.74, 6) is -0.268. The Bertz CT molecular complexity index is 420. The van der Waals surface area contributed by atoms with Crippen LogP contribution in [0.5, 0.6) is 0 Å². The predicted octanol–water partition coefficient (Wildman–Crippen LogP) is 1.48. The zero-order valence-corrected chi connectivity index (χ0v) is 11.3. The third kappa shape index (κ3) is 2.98. The highest BCUT2D eigenvalue weighted by molar-refractivity contribution is 5.23. The van der Waals surface area contributed by atoms with Crippen LogP contribution < -0.4 is 5.73 Å². The molecule has 2 aliphatic heterocycles. The van der Waals surface area contributed by atoms with Crippen molar-refractivity contribution in [3.05, 3.63) is 35.4 Å². The van der Waals surface area contributed by atoms with Gasteiger partial charge in [0.2, 0.25) is 0 Å². The standard InChI is InChI=1S/C15H22N2O2/c16-11-13-2-1-3-14(10-13)12-17-6-4-15(5-7-17)18-8-9-19-15/h1-3,10H,4-9,11-12,16H2. The molecule has 0 amide bonds. The number of hydrogen-bond donors (Lipinski definition) is 1. The quantitative estimate of drug-likeness (QED) is 0.896. The first-order valence-electron chi connectivity index (χ1n) is 7.08. The second-order valence-electron chi connectivity index (χ2n) is 5.41. The minimum Gasteiger partial charge on any atom is -0.347 e. The second-order valence-corrected chi connectivity index (χ2v) is 5.41. The molecule has 1 spiro atoms. The molecule has 1 aromatic carbocycles. The molecule has 2 heterocycles. The first-order chi connectivity index (χ1) is 9.30. The fraction of sp³-hybridized carbons (Fsp3) is 0.600. The highest BCUT2D eigenvalue weighted by atomic mass is 16.7. The normalized spacial score (nSPS) is 23.0. The molecule has 4 heteroatoms. The van der Waals surface area contributed by atoms with Gasteiger partial charge in [-0.05, 0) is 11.1 Å². The Labute approximate surface area is 114 Å². The zero-order valence-electron chi connectivity index (χ0n) is 11.3. The molecule has 104 valence electrons. The lowest BCUT2D eigenvalue weighted by molar-refractivity contribution is -0.185. The van der Waals surface area contributed by atoms with Crippen molar-refractivity contribution in [1.82, 2.24) is 4.90 Å². The van der Waals surface area contributed by atoms with Crippen molar-refractivity contribution in [2.75, 3.05) is 26.3 Å². The predicted molar refractivity (Wildman–Crippen MR) is 73.5 cm³/mol. The number of rotatable bonds is 3. The molecule has 0 aromatic heterocycles. The van der Waals surface area contributed by atoms with Crippen LogP contribution in [0.15, 0.2) is 24.3 Å². The molecule has 4 nitrogen and oxygen atoms in total. The molecule has 0 bridgehead atoms. The number of piperidine rings is 1. The number of ether oxygens (including phenoxy) is 2. The fourth-order valence-electron chi connectivity index (χ4n) is 2.95. The molecule has 0 aliphatic carbocycles. The van der Waals surface area contributed by atoms with Gasteiger partial charge in [0.25, 0.3) is 0 Å². The number of nitrogens with zero attached hydrogens (tertiary/aromatic N) is 1. The van der Waals surface area contributed by atoms with Gasteiger partial charge in [0.05, 0.1) is 13.2 Å². The van der Waals surface area contributed by atoms with Crippen LogP contribution in [0.25, 0.3) is 0 Å². The molecular formula is C15H22N2O2. The van der Waals surface area contributed by atoms with E-state index in [2.05, 4.69) is 29.2 Å². The van der Waals surface area contributed by atoms with Crippen LogP contribution in [-0.4, -0.2) is 37.0 Å². The summed E-state index contributed by atoms with van der Waals surface area (Å²) in [6, 6.07) is 8.54. The van der Waals surface area contributed by atoms with Crippen LogP contribution in [0, 0.1) is 0 Å². The molecule has 0 saturated carbocycles. The first-order valence-corrected chi connectivity index (χ1v) is 7.08. The number of nitrogens with two attached hydrogens (primary N) is 1. The van der Waals surface area contributed by atoms with E-state index >= 15 is 0 Å².